The summed E-state index contributed by atoms with van der Waals surface area (Å²) in [5.41, 5.74) is 28.9. The third-order valence-corrected chi connectivity index (χ3v) is 13.1. The van der Waals surface area contributed by atoms with Crippen LogP contribution >= 0.6 is 0 Å². The lowest BCUT2D eigenvalue weighted by atomic mass is 10.0. The van der Waals surface area contributed by atoms with Crippen LogP contribution in [0.3, 0.4) is 0 Å². The molecule has 0 saturated carbocycles. The van der Waals surface area contributed by atoms with Crippen molar-refractivity contribution in [2.45, 2.75) is 224 Å². The average molecular weight is 1090 g/mol. The van der Waals surface area contributed by atoms with Crippen molar-refractivity contribution in [3.63, 3.8) is 0 Å². The Morgan fingerprint density at radius 1 is 0.494 bits per heavy atom. The largest absolute Gasteiger partial charge is 0.394 e. The molecule has 7 atom stereocenters. The molecule has 22 nitrogen and oxygen atoms in total. The van der Waals surface area contributed by atoms with E-state index >= 15 is 0 Å². The topological polar surface area (TPSA) is 383 Å². The zero-order valence-corrected chi connectivity index (χ0v) is 46.9. The first-order chi connectivity index (χ1) is 36.9. The van der Waals surface area contributed by atoms with Crippen LogP contribution < -0.4 is 65.9 Å². The van der Waals surface area contributed by atoms with Gasteiger partial charge < -0.3 is 71.0 Å². The number of amides is 8. The van der Waals surface area contributed by atoms with E-state index in [2.05, 4.69) is 49.1 Å². The number of guanidine groups is 1. The van der Waals surface area contributed by atoms with Crippen molar-refractivity contribution in [1.29, 1.82) is 0 Å². The maximum Gasteiger partial charge on any atom is 0.245 e. The molecule has 8 amide bonds. The highest BCUT2D eigenvalue weighted by molar-refractivity contribution is 5.97. The number of hydrogen-bond acceptors (Lipinski definition) is 12. The van der Waals surface area contributed by atoms with Gasteiger partial charge in [-0.05, 0) is 95.7 Å². The number of unbranched alkanes of at least 4 members (excludes halogenated alkanes) is 14. The van der Waals surface area contributed by atoms with Crippen LogP contribution in [0.5, 0.6) is 0 Å². The van der Waals surface area contributed by atoms with Gasteiger partial charge >= 0.3 is 0 Å². The van der Waals surface area contributed by atoms with Gasteiger partial charge in [-0.2, -0.15) is 0 Å². The number of rotatable bonds is 45. The Hall–Kier alpha value is -5.87. The van der Waals surface area contributed by atoms with Crippen molar-refractivity contribution in [2.24, 2.45) is 39.6 Å². The van der Waals surface area contributed by atoms with Crippen LogP contribution in [0.4, 0.5) is 0 Å². The third kappa shape index (κ3) is 32.5. The minimum absolute atomic E-state index is 0.0581. The van der Waals surface area contributed by atoms with Gasteiger partial charge in [0.15, 0.2) is 5.96 Å². The lowest BCUT2D eigenvalue weighted by Crippen LogP contribution is -2.60. The number of primary amides is 1. The van der Waals surface area contributed by atoms with Gasteiger partial charge in [-0.15, -0.1) is 0 Å². The fourth-order valence-electron chi connectivity index (χ4n) is 8.60. The average Bonchev–Trinajstić information content (AvgIpc) is 3.38. The molecule has 0 spiro atoms. The minimum Gasteiger partial charge on any atom is -0.394 e. The summed E-state index contributed by atoms with van der Waals surface area (Å²) in [4.78, 5) is 112. The predicted molar refractivity (Wildman–Crippen MR) is 301 cm³/mol. The molecule has 22 heteroatoms. The van der Waals surface area contributed by atoms with Crippen LogP contribution in [0.25, 0.3) is 0 Å². The highest BCUT2D eigenvalue weighted by Gasteiger charge is 2.33. The number of nitrogens with two attached hydrogens (primary N) is 5. The molecule has 1 rings (SSSR count). The first-order valence-corrected chi connectivity index (χ1v) is 28.4. The Kier molecular flexibility index (Phi) is 37.9. The Bertz CT molecular complexity index is 1900. The molecule has 0 aliphatic heterocycles. The van der Waals surface area contributed by atoms with Crippen LogP contribution in [0.15, 0.2) is 35.3 Å². The molecule has 7 unspecified atom stereocenters. The van der Waals surface area contributed by atoms with E-state index in [4.69, 9.17) is 28.7 Å². The Labute approximate surface area is 458 Å². The number of hydrogen-bond donors (Lipinski definition) is 13. The van der Waals surface area contributed by atoms with E-state index in [-0.39, 0.29) is 69.3 Å². The molecule has 0 radical (unpaired) electrons. The molecule has 0 saturated heterocycles. The second-order valence-electron chi connectivity index (χ2n) is 20.6. The first-order valence-electron chi connectivity index (χ1n) is 28.4. The summed E-state index contributed by atoms with van der Waals surface area (Å²) in [6.45, 7) is 7.15. The van der Waals surface area contributed by atoms with Crippen LogP contribution in [0, 0.1) is 5.92 Å². The van der Waals surface area contributed by atoms with E-state index in [0.29, 0.717) is 45.2 Å². The fourth-order valence-corrected chi connectivity index (χ4v) is 8.60. The predicted octanol–water partition coefficient (Wildman–Crippen LogP) is 1.96. The number of nitrogens with one attached hydrogen (secondary N) is 7. The van der Waals surface area contributed by atoms with Gasteiger partial charge in [0.05, 0.1) is 6.61 Å². The van der Waals surface area contributed by atoms with E-state index in [9.17, 15) is 43.5 Å². The zero-order valence-electron chi connectivity index (χ0n) is 46.9. The van der Waals surface area contributed by atoms with Gasteiger partial charge in [0.25, 0.3) is 0 Å². The van der Waals surface area contributed by atoms with E-state index in [1.165, 1.54) is 64.7 Å². The number of aliphatic imine (C=N–C) groups is 1. The highest BCUT2D eigenvalue weighted by atomic mass is 16.3. The number of nitrogens with zero attached hydrogens (tertiary/aromatic N) is 1. The second kappa shape index (κ2) is 42.2. The quantitative estimate of drug-likeness (QED) is 0.0253. The summed E-state index contributed by atoms with van der Waals surface area (Å²) in [7, 11) is 0. The van der Waals surface area contributed by atoms with Crippen LogP contribution in [0.1, 0.15) is 181 Å². The Balaban J connectivity index is 3.09. The Morgan fingerprint density at radius 2 is 0.922 bits per heavy atom. The van der Waals surface area contributed by atoms with E-state index < -0.39 is 90.3 Å². The molecule has 1 aromatic carbocycles. The maximum absolute atomic E-state index is 13.9. The molecule has 1 aromatic rings. The van der Waals surface area contributed by atoms with Crippen LogP contribution in [-0.2, 0) is 44.8 Å². The first kappa shape index (κ1) is 69.1. The molecule has 0 heterocycles. The second-order valence-corrected chi connectivity index (χ2v) is 20.6. The van der Waals surface area contributed by atoms with Crippen LogP contribution in [-0.4, -0.2) is 127 Å². The Morgan fingerprint density at radius 3 is 1.40 bits per heavy atom. The lowest BCUT2D eigenvalue weighted by Gasteiger charge is -2.27. The summed E-state index contributed by atoms with van der Waals surface area (Å²) in [5, 5.41) is 28.9. The van der Waals surface area contributed by atoms with Gasteiger partial charge in [-0.3, -0.25) is 43.3 Å². The molecule has 18 N–H and O–H groups in total. The normalized spacial score (nSPS) is 13.9. The van der Waals surface area contributed by atoms with Gasteiger partial charge in [0.1, 0.15) is 42.3 Å². The summed E-state index contributed by atoms with van der Waals surface area (Å²) >= 11 is 0. The SMILES string of the molecule is CCCCCCCCCCCCCCCC(=O)NC(CCCCN)C(=O)NC(CCCCN)C(=O)NC(CO)C(=O)NC(CCCN=C(N)N)C(=O)NC(C)C(=O)NC(CC(C)C)C(=O)NC(Cc1ccccc1)C(N)=O. The van der Waals surface area contributed by atoms with Crippen molar-refractivity contribution in [1.82, 2.24) is 37.2 Å². The minimum atomic E-state index is -1.60. The van der Waals surface area contributed by atoms with Crippen molar-refractivity contribution < 1.29 is 43.5 Å². The third-order valence-electron chi connectivity index (χ3n) is 13.1. The van der Waals surface area contributed by atoms with E-state index in [0.717, 1.165) is 24.8 Å². The number of carbonyl (C=O) groups excluding carboxylic acids is 8. The number of benzene rings is 1. The molecule has 77 heavy (non-hydrogen) atoms. The maximum atomic E-state index is 13.9. The molecule has 0 aliphatic carbocycles. The molecule has 0 aliphatic rings. The summed E-state index contributed by atoms with van der Waals surface area (Å²) < 4.78 is 0. The standard InChI is InChI=1S/C55H99N13O9/c1-5-6-7-8-9-10-11-12-13-14-15-16-20-31-47(70)63-41(28-21-23-32-56)51(74)64-42(29-22-24-33-57)52(75)68-46(37-69)54(77)65-43(30-25-34-61-55(59)60)50(73)62-39(4)49(72)67-45(35-38(2)3)53(76)66-44(48(58)71)36-40-26-18-17-19-27-40/h17-19,26-27,38-39,41-46,69H,5-16,20-25,28-37,56-57H2,1-4H3,(H2,58,71)(H,62,73)(H,63,70)(H,64,74)(H,65,77)(H,66,76)(H,67,72)(H,68,75)(H4,59,60,61). The molecule has 0 fully saturated rings. The number of aliphatic hydroxyl groups excluding tert-OH is 1. The zero-order chi connectivity index (χ0) is 57.4. The molecular weight excluding hydrogens is 987 g/mol. The van der Waals surface area contributed by atoms with Gasteiger partial charge in [0.2, 0.25) is 47.3 Å². The highest BCUT2D eigenvalue weighted by Crippen LogP contribution is 2.14. The smallest absolute Gasteiger partial charge is 0.245 e. The van der Waals surface area contributed by atoms with Gasteiger partial charge in [-0.1, -0.05) is 128 Å². The monoisotopic (exact) mass is 1090 g/mol. The lowest BCUT2D eigenvalue weighted by molar-refractivity contribution is -0.136. The summed E-state index contributed by atoms with van der Waals surface area (Å²) in [6.07, 6.45) is 18.3. The molecule has 0 aromatic heterocycles. The number of carbonyl (C=O) groups is 8. The van der Waals surface area contributed by atoms with Crippen molar-refractivity contribution >= 4 is 53.2 Å². The van der Waals surface area contributed by atoms with Gasteiger partial charge in [0, 0.05) is 19.4 Å². The summed E-state index contributed by atoms with van der Waals surface area (Å²) in [5.74, 6) is -5.90. The fraction of sp³-hybridized carbons (Fsp3) is 0.727. The van der Waals surface area contributed by atoms with Crippen LogP contribution in [0.2, 0.25) is 0 Å². The van der Waals surface area contributed by atoms with Crippen molar-refractivity contribution in [3.8, 4) is 0 Å². The molecule has 0 bridgehead atoms. The van der Waals surface area contributed by atoms with Gasteiger partial charge in [-0.25, -0.2) is 0 Å². The summed E-state index contributed by atoms with van der Waals surface area (Å²) in [6, 6.07) is 0.393. The van der Waals surface area contributed by atoms with E-state index in [1.54, 1.807) is 24.3 Å². The van der Waals surface area contributed by atoms with E-state index in [1.807, 2.05) is 19.9 Å². The van der Waals surface area contributed by atoms with Crippen molar-refractivity contribution in [3.05, 3.63) is 35.9 Å². The molecule has 438 valence electrons. The molecular formula is C55H99N13O9. The van der Waals surface area contributed by atoms with Crippen molar-refractivity contribution in [2.75, 3.05) is 26.2 Å². The number of aliphatic hydroxyl groups is 1.